The summed E-state index contributed by atoms with van der Waals surface area (Å²) in [4.78, 5) is 9.92. The van der Waals surface area contributed by atoms with Crippen LogP contribution in [0.15, 0.2) is 12.1 Å². The number of halogens is 2. The first-order valence-electron chi connectivity index (χ1n) is 3.35. The van der Waals surface area contributed by atoms with Gasteiger partial charge in [-0.1, -0.05) is 17.5 Å². The summed E-state index contributed by atoms with van der Waals surface area (Å²) in [6.45, 7) is 0. The zero-order valence-corrected chi connectivity index (χ0v) is 7.23. The molecule has 0 saturated heterocycles. The summed E-state index contributed by atoms with van der Waals surface area (Å²) < 4.78 is 12.9. The number of nitrogen functional groups attached to an aromatic ring is 1. The van der Waals surface area contributed by atoms with Crippen LogP contribution in [0.4, 0.5) is 10.1 Å². The van der Waals surface area contributed by atoms with Crippen LogP contribution in [0.2, 0.25) is 5.02 Å². The highest BCUT2D eigenvalue weighted by molar-refractivity contribution is 6.30. The summed E-state index contributed by atoms with van der Waals surface area (Å²) in [7, 11) is 0. The molecule has 0 heterocycles. The van der Waals surface area contributed by atoms with Gasteiger partial charge in [-0.05, 0) is 18.1 Å². The van der Waals surface area contributed by atoms with Crippen LogP contribution in [0, 0.1) is 17.7 Å². The Labute approximate surface area is 79.5 Å². The molecule has 0 aliphatic heterocycles. The van der Waals surface area contributed by atoms with E-state index in [9.17, 15) is 9.18 Å². The molecule has 0 amide bonds. The lowest BCUT2D eigenvalue weighted by molar-refractivity contribution is -0.103. The van der Waals surface area contributed by atoms with Gasteiger partial charge in [-0.2, -0.15) is 0 Å². The summed E-state index contributed by atoms with van der Waals surface area (Å²) >= 11 is 5.55. The Balaban J connectivity index is 3.28. The van der Waals surface area contributed by atoms with Crippen LogP contribution in [-0.2, 0) is 4.79 Å². The number of aldehydes is 1. The van der Waals surface area contributed by atoms with E-state index < -0.39 is 5.82 Å². The molecule has 2 N–H and O–H groups in total. The van der Waals surface area contributed by atoms with Crippen molar-refractivity contribution < 1.29 is 9.18 Å². The van der Waals surface area contributed by atoms with Gasteiger partial charge in [0.15, 0.2) is 6.29 Å². The van der Waals surface area contributed by atoms with Gasteiger partial charge in [0.25, 0.3) is 0 Å². The van der Waals surface area contributed by atoms with E-state index in [4.69, 9.17) is 17.3 Å². The second kappa shape index (κ2) is 3.92. The lowest BCUT2D eigenvalue weighted by atomic mass is 10.2. The quantitative estimate of drug-likeness (QED) is 0.390. The molecule has 0 radical (unpaired) electrons. The van der Waals surface area contributed by atoms with E-state index in [2.05, 4.69) is 11.8 Å². The first-order valence-corrected chi connectivity index (χ1v) is 3.72. The van der Waals surface area contributed by atoms with E-state index in [0.717, 1.165) is 6.07 Å². The molecule has 13 heavy (non-hydrogen) atoms. The Bertz CT molecular complexity index is 406. The lowest BCUT2D eigenvalue weighted by Gasteiger charge is -1.99. The highest BCUT2D eigenvalue weighted by Gasteiger charge is 2.04. The Morgan fingerprint density at radius 2 is 2.23 bits per heavy atom. The summed E-state index contributed by atoms with van der Waals surface area (Å²) in [5, 5.41) is 0.196. The smallest absolute Gasteiger partial charge is 0.193 e. The molecule has 0 aliphatic carbocycles. The van der Waals surface area contributed by atoms with Crippen molar-refractivity contribution in [3.8, 4) is 11.8 Å². The second-order valence-corrected chi connectivity index (χ2v) is 2.67. The largest absolute Gasteiger partial charge is 0.395 e. The third kappa shape index (κ3) is 2.20. The minimum absolute atomic E-state index is 0.0984. The summed E-state index contributed by atoms with van der Waals surface area (Å²) in [6.07, 6.45) is 0.401. The van der Waals surface area contributed by atoms with Crippen molar-refractivity contribution in [3.05, 3.63) is 28.5 Å². The van der Waals surface area contributed by atoms with E-state index in [1.165, 1.54) is 6.07 Å². The maximum absolute atomic E-state index is 12.9. The van der Waals surface area contributed by atoms with Crippen LogP contribution in [-0.4, -0.2) is 6.29 Å². The lowest BCUT2D eigenvalue weighted by Crippen LogP contribution is -1.94. The van der Waals surface area contributed by atoms with Gasteiger partial charge in [0, 0.05) is 5.02 Å². The van der Waals surface area contributed by atoms with Crippen LogP contribution < -0.4 is 5.73 Å². The molecule has 1 aromatic rings. The summed E-state index contributed by atoms with van der Waals surface area (Å²) in [6, 6.07) is 2.49. The fourth-order valence-corrected chi connectivity index (χ4v) is 1.00. The molecule has 4 heteroatoms. The average molecular weight is 198 g/mol. The Hall–Kier alpha value is -1.53. The third-order valence-electron chi connectivity index (χ3n) is 1.36. The molecule has 0 unspecified atom stereocenters. The normalized spacial score (nSPS) is 8.77. The molecular formula is C9H5ClFNO. The number of carbonyl (C=O) groups is 1. The molecule has 0 spiro atoms. The summed E-state index contributed by atoms with van der Waals surface area (Å²) in [5.74, 6) is 3.86. The van der Waals surface area contributed by atoms with Gasteiger partial charge < -0.3 is 5.73 Å². The fourth-order valence-electron chi connectivity index (χ4n) is 0.795. The minimum atomic E-state index is -0.636. The molecule has 0 aliphatic rings. The van der Waals surface area contributed by atoms with Crippen molar-refractivity contribution in [2.75, 3.05) is 5.73 Å². The Kier molecular flexibility index (Phi) is 2.88. The van der Waals surface area contributed by atoms with E-state index in [-0.39, 0.29) is 16.3 Å². The van der Waals surface area contributed by atoms with E-state index >= 15 is 0 Å². The van der Waals surface area contributed by atoms with Gasteiger partial charge in [-0.3, -0.25) is 4.79 Å². The minimum Gasteiger partial charge on any atom is -0.395 e. The number of benzene rings is 1. The molecule has 1 aromatic carbocycles. The SMILES string of the molecule is Nc1c(F)cc(Cl)cc1C#CC=O. The number of hydrogen-bond acceptors (Lipinski definition) is 2. The highest BCUT2D eigenvalue weighted by Crippen LogP contribution is 2.20. The number of anilines is 1. The molecule has 2 nitrogen and oxygen atoms in total. The van der Waals surface area contributed by atoms with Crippen molar-refractivity contribution in [1.29, 1.82) is 0 Å². The van der Waals surface area contributed by atoms with Crippen LogP contribution >= 0.6 is 11.6 Å². The van der Waals surface area contributed by atoms with Gasteiger partial charge in [-0.25, -0.2) is 4.39 Å². The Morgan fingerprint density at radius 1 is 1.54 bits per heavy atom. The van der Waals surface area contributed by atoms with Crippen LogP contribution in [0.3, 0.4) is 0 Å². The molecule has 0 bridgehead atoms. The summed E-state index contributed by atoms with van der Waals surface area (Å²) in [5.41, 5.74) is 5.46. The zero-order chi connectivity index (χ0) is 9.84. The van der Waals surface area contributed by atoms with Crippen molar-refractivity contribution in [2.24, 2.45) is 0 Å². The maximum Gasteiger partial charge on any atom is 0.193 e. The second-order valence-electron chi connectivity index (χ2n) is 2.24. The molecule has 66 valence electrons. The predicted octanol–water partition coefficient (Wildman–Crippen LogP) is 1.61. The van der Waals surface area contributed by atoms with Crippen LogP contribution in [0.25, 0.3) is 0 Å². The average Bonchev–Trinajstić information content (AvgIpc) is 2.09. The van der Waals surface area contributed by atoms with E-state index in [1.807, 2.05) is 0 Å². The van der Waals surface area contributed by atoms with Crippen LogP contribution in [0.5, 0.6) is 0 Å². The Morgan fingerprint density at radius 3 is 2.85 bits per heavy atom. The van der Waals surface area contributed by atoms with Crippen molar-refractivity contribution >= 4 is 23.6 Å². The predicted molar refractivity (Wildman–Crippen MR) is 48.8 cm³/mol. The number of rotatable bonds is 0. The molecule has 0 aromatic heterocycles. The maximum atomic E-state index is 12.9. The van der Waals surface area contributed by atoms with E-state index in [0.29, 0.717) is 6.29 Å². The van der Waals surface area contributed by atoms with Crippen molar-refractivity contribution in [2.45, 2.75) is 0 Å². The van der Waals surface area contributed by atoms with Gasteiger partial charge >= 0.3 is 0 Å². The third-order valence-corrected chi connectivity index (χ3v) is 1.58. The zero-order valence-electron chi connectivity index (χ0n) is 6.47. The molecule has 0 fully saturated rings. The van der Waals surface area contributed by atoms with Gasteiger partial charge in [0.05, 0.1) is 11.3 Å². The molecule has 0 atom stereocenters. The van der Waals surface area contributed by atoms with Crippen molar-refractivity contribution in [1.82, 2.24) is 0 Å². The monoisotopic (exact) mass is 197 g/mol. The fraction of sp³-hybridized carbons (Fsp3) is 0. The van der Waals surface area contributed by atoms with Crippen molar-refractivity contribution in [3.63, 3.8) is 0 Å². The first-order chi connectivity index (χ1) is 6.15. The van der Waals surface area contributed by atoms with E-state index in [1.54, 1.807) is 0 Å². The number of carbonyl (C=O) groups excluding carboxylic acids is 1. The molecule has 0 saturated carbocycles. The standard InChI is InChI=1S/C9H5ClFNO/c10-7-4-6(2-1-3-13)9(12)8(11)5-7/h3-5H,12H2. The van der Waals surface area contributed by atoms with Gasteiger partial charge in [-0.15, -0.1) is 0 Å². The van der Waals surface area contributed by atoms with Crippen LogP contribution in [0.1, 0.15) is 5.56 Å². The first kappa shape index (κ1) is 9.56. The topological polar surface area (TPSA) is 43.1 Å². The van der Waals surface area contributed by atoms with Gasteiger partial charge in [0.1, 0.15) is 5.82 Å². The highest BCUT2D eigenvalue weighted by atomic mass is 35.5. The number of hydrogen-bond donors (Lipinski definition) is 1. The van der Waals surface area contributed by atoms with Gasteiger partial charge in [0.2, 0.25) is 0 Å². The molecular weight excluding hydrogens is 193 g/mol. The number of nitrogens with two attached hydrogens (primary N) is 1. The molecule has 1 rings (SSSR count).